The van der Waals surface area contributed by atoms with Gasteiger partial charge in [-0.25, -0.2) is 4.98 Å². The summed E-state index contributed by atoms with van der Waals surface area (Å²) in [5, 5.41) is 14.8. The third-order valence-corrected chi connectivity index (χ3v) is 2.96. The molecule has 2 aromatic rings. The maximum atomic E-state index is 9.58. The van der Waals surface area contributed by atoms with Crippen molar-refractivity contribution in [3.63, 3.8) is 0 Å². The Labute approximate surface area is 107 Å². The van der Waals surface area contributed by atoms with E-state index in [1.807, 2.05) is 31.2 Å². The van der Waals surface area contributed by atoms with E-state index in [1.54, 1.807) is 13.3 Å². The van der Waals surface area contributed by atoms with E-state index < -0.39 is 0 Å². The summed E-state index contributed by atoms with van der Waals surface area (Å²) in [6, 6.07) is 7.78. The number of aliphatic hydroxyl groups excluding tert-OH is 1. The molecule has 2 N–H and O–H groups in total. The summed E-state index contributed by atoms with van der Waals surface area (Å²) in [4.78, 5) is 4.31. The average Bonchev–Trinajstić information content (AvgIpc) is 2.43. The van der Waals surface area contributed by atoms with Crippen LogP contribution in [0.25, 0.3) is 10.8 Å². The number of ether oxygens (including phenoxy) is 1. The lowest BCUT2D eigenvalue weighted by atomic mass is 10.1. The Hall–Kier alpha value is -1.81. The largest absolute Gasteiger partial charge is 0.496 e. The van der Waals surface area contributed by atoms with Crippen molar-refractivity contribution in [2.45, 2.75) is 19.4 Å². The minimum absolute atomic E-state index is 0.354. The van der Waals surface area contributed by atoms with Gasteiger partial charge in [0.1, 0.15) is 11.6 Å². The Morgan fingerprint density at radius 2 is 2.17 bits per heavy atom. The third kappa shape index (κ3) is 2.54. The zero-order valence-corrected chi connectivity index (χ0v) is 10.7. The fraction of sp³-hybridized carbons (Fsp3) is 0.357. The van der Waals surface area contributed by atoms with Crippen LogP contribution >= 0.6 is 0 Å². The summed E-state index contributed by atoms with van der Waals surface area (Å²) in [6.45, 7) is 2.45. The van der Waals surface area contributed by atoms with Gasteiger partial charge in [0.05, 0.1) is 13.2 Å². The molecule has 0 radical (unpaired) electrons. The molecule has 1 aromatic heterocycles. The molecule has 1 atom stereocenters. The number of rotatable bonds is 5. The minimum Gasteiger partial charge on any atom is -0.496 e. The number of aromatic nitrogens is 1. The molecular weight excluding hydrogens is 228 g/mol. The van der Waals surface area contributed by atoms with Crippen LogP contribution in [0.2, 0.25) is 0 Å². The Morgan fingerprint density at radius 1 is 1.33 bits per heavy atom. The van der Waals surface area contributed by atoms with Gasteiger partial charge in [-0.3, -0.25) is 0 Å². The van der Waals surface area contributed by atoms with Crippen LogP contribution in [0.4, 0.5) is 5.82 Å². The molecule has 4 nitrogen and oxygen atoms in total. The molecule has 0 amide bonds. The molecule has 0 aliphatic rings. The highest BCUT2D eigenvalue weighted by Crippen LogP contribution is 2.28. The molecule has 1 heterocycles. The Morgan fingerprint density at radius 3 is 2.89 bits per heavy atom. The highest BCUT2D eigenvalue weighted by molar-refractivity contribution is 5.95. The number of methoxy groups -OCH3 is 1. The van der Waals surface area contributed by atoms with Crippen molar-refractivity contribution in [3.05, 3.63) is 30.5 Å². The predicted molar refractivity (Wildman–Crippen MR) is 73.1 cm³/mol. The van der Waals surface area contributed by atoms with Gasteiger partial charge in [-0.2, -0.15) is 0 Å². The lowest BCUT2D eigenvalue weighted by molar-refractivity contribution is 0.183. The molecule has 18 heavy (non-hydrogen) atoms. The van der Waals surface area contributed by atoms with Crippen molar-refractivity contribution >= 4 is 16.6 Å². The first-order chi connectivity index (χ1) is 8.76. The van der Waals surface area contributed by atoms with E-state index in [-0.39, 0.29) is 6.10 Å². The fourth-order valence-electron chi connectivity index (χ4n) is 1.86. The van der Waals surface area contributed by atoms with Crippen molar-refractivity contribution in [2.24, 2.45) is 0 Å². The Bertz CT molecular complexity index is 528. The second kappa shape index (κ2) is 5.69. The Balaban J connectivity index is 2.34. The predicted octanol–water partition coefficient (Wildman–Crippen LogP) is 2.43. The van der Waals surface area contributed by atoms with Gasteiger partial charge in [-0.05, 0) is 18.6 Å². The van der Waals surface area contributed by atoms with Gasteiger partial charge < -0.3 is 15.2 Å². The summed E-state index contributed by atoms with van der Waals surface area (Å²) < 4.78 is 5.32. The first kappa shape index (κ1) is 12.6. The number of nitrogens with zero attached hydrogens (tertiary/aromatic N) is 1. The molecule has 0 bridgehead atoms. The normalized spacial score (nSPS) is 12.4. The van der Waals surface area contributed by atoms with E-state index in [2.05, 4.69) is 10.3 Å². The summed E-state index contributed by atoms with van der Waals surface area (Å²) in [5.41, 5.74) is 0. The average molecular weight is 246 g/mol. The van der Waals surface area contributed by atoms with Crippen molar-refractivity contribution in [3.8, 4) is 5.75 Å². The van der Waals surface area contributed by atoms with Gasteiger partial charge in [0.25, 0.3) is 0 Å². The third-order valence-electron chi connectivity index (χ3n) is 2.96. The summed E-state index contributed by atoms with van der Waals surface area (Å²) in [5.74, 6) is 1.60. The molecular formula is C14H18N2O2. The molecule has 0 aliphatic carbocycles. The summed E-state index contributed by atoms with van der Waals surface area (Å²) >= 11 is 0. The number of hydrogen-bond acceptors (Lipinski definition) is 4. The van der Waals surface area contributed by atoms with Crippen molar-refractivity contribution in [1.82, 2.24) is 4.98 Å². The molecule has 1 unspecified atom stereocenters. The quantitative estimate of drug-likeness (QED) is 0.850. The van der Waals surface area contributed by atoms with E-state index in [9.17, 15) is 5.11 Å². The molecule has 0 saturated carbocycles. The fourth-order valence-corrected chi connectivity index (χ4v) is 1.86. The zero-order valence-electron chi connectivity index (χ0n) is 10.7. The van der Waals surface area contributed by atoms with Gasteiger partial charge in [-0.1, -0.05) is 19.1 Å². The van der Waals surface area contributed by atoms with Crippen LogP contribution in [0.1, 0.15) is 13.3 Å². The van der Waals surface area contributed by atoms with Gasteiger partial charge in [0.2, 0.25) is 0 Å². The highest BCUT2D eigenvalue weighted by Gasteiger charge is 2.07. The topological polar surface area (TPSA) is 54.4 Å². The molecule has 96 valence electrons. The van der Waals surface area contributed by atoms with Crippen LogP contribution < -0.4 is 10.1 Å². The van der Waals surface area contributed by atoms with Gasteiger partial charge in [-0.15, -0.1) is 0 Å². The van der Waals surface area contributed by atoms with Gasteiger partial charge in [0.15, 0.2) is 0 Å². The van der Waals surface area contributed by atoms with Crippen LogP contribution in [0.5, 0.6) is 5.75 Å². The van der Waals surface area contributed by atoms with Crippen LogP contribution in [0, 0.1) is 0 Å². The number of anilines is 1. The van der Waals surface area contributed by atoms with Crippen molar-refractivity contribution < 1.29 is 9.84 Å². The molecule has 1 aromatic carbocycles. The van der Waals surface area contributed by atoms with Crippen LogP contribution in [0.3, 0.4) is 0 Å². The summed E-state index contributed by atoms with van der Waals surface area (Å²) in [6.07, 6.45) is 2.11. The second-order valence-corrected chi connectivity index (χ2v) is 4.16. The maximum absolute atomic E-state index is 9.58. The monoisotopic (exact) mass is 246 g/mol. The molecule has 4 heteroatoms. The number of nitrogens with one attached hydrogen (secondary N) is 1. The molecule has 0 spiro atoms. The molecule has 0 aliphatic heterocycles. The zero-order chi connectivity index (χ0) is 13.0. The number of aliphatic hydroxyl groups is 1. The molecule has 2 rings (SSSR count). The standard InChI is InChI=1S/C14H18N2O2/c1-3-10(17)9-16-14-12-5-4-6-13(18-2)11(12)7-8-15-14/h4-8,10,17H,3,9H2,1-2H3,(H,15,16). The lowest BCUT2D eigenvalue weighted by Gasteiger charge is -2.13. The highest BCUT2D eigenvalue weighted by atomic mass is 16.5. The lowest BCUT2D eigenvalue weighted by Crippen LogP contribution is -2.18. The van der Waals surface area contributed by atoms with Crippen molar-refractivity contribution in [1.29, 1.82) is 0 Å². The van der Waals surface area contributed by atoms with E-state index in [0.717, 1.165) is 28.8 Å². The molecule has 0 saturated heterocycles. The summed E-state index contributed by atoms with van der Waals surface area (Å²) in [7, 11) is 1.66. The second-order valence-electron chi connectivity index (χ2n) is 4.16. The van der Waals surface area contributed by atoms with Crippen molar-refractivity contribution in [2.75, 3.05) is 19.0 Å². The SMILES string of the molecule is CCC(O)CNc1nccc2c(OC)cccc12. The number of pyridine rings is 1. The molecule has 0 fully saturated rings. The first-order valence-electron chi connectivity index (χ1n) is 6.10. The maximum Gasteiger partial charge on any atom is 0.134 e. The van der Waals surface area contributed by atoms with Crippen LogP contribution in [-0.4, -0.2) is 29.8 Å². The van der Waals surface area contributed by atoms with E-state index in [0.29, 0.717) is 6.54 Å². The van der Waals surface area contributed by atoms with Gasteiger partial charge >= 0.3 is 0 Å². The van der Waals surface area contributed by atoms with Crippen LogP contribution in [0.15, 0.2) is 30.5 Å². The van der Waals surface area contributed by atoms with E-state index in [4.69, 9.17) is 4.74 Å². The Kier molecular flexibility index (Phi) is 3.99. The minimum atomic E-state index is -0.354. The van der Waals surface area contributed by atoms with E-state index in [1.165, 1.54) is 0 Å². The van der Waals surface area contributed by atoms with E-state index >= 15 is 0 Å². The number of benzene rings is 1. The smallest absolute Gasteiger partial charge is 0.134 e. The first-order valence-corrected chi connectivity index (χ1v) is 6.10. The number of fused-ring (bicyclic) bond motifs is 1. The van der Waals surface area contributed by atoms with Crippen LogP contribution in [-0.2, 0) is 0 Å². The number of hydrogen-bond donors (Lipinski definition) is 2. The van der Waals surface area contributed by atoms with Gasteiger partial charge in [0, 0.05) is 23.5 Å².